The van der Waals surface area contributed by atoms with Gasteiger partial charge in [-0.2, -0.15) is 10.2 Å². The molecule has 3 heterocycles. The van der Waals surface area contributed by atoms with Crippen LogP contribution in [0.4, 0.5) is 5.69 Å². The number of hydrogen-bond donors (Lipinski definition) is 2. The summed E-state index contributed by atoms with van der Waals surface area (Å²) < 4.78 is 1.65. The van der Waals surface area contributed by atoms with Gasteiger partial charge in [-0.1, -0.05) is 32.9 Å². The Morgan fingerprint density at radius 2 is 2.00 bits per heavy atom. The lowest BCUT2D eigenvalue weighted by Gasteiger charge is -2.13. The summed E-state index contributed by atoms with van der Waals surface area (Å²) >= 11 is 0. The molecule has 2 N–H and O–H groups in total. The lowest BCUT2D eigenvalue weighted by atomic mass is 9.93. The van der Waals surface area contributed by atoms with Crippen molar-refractivity contribution in [3.05, 3.63) is 66.2 Å². The van der Waals surface area contributed by atoms with Crippen molar-refractivity contribution in [2.24, 2.45) is 0 Å². The zero-order valence-electron chi connectivity index (χ0n) is 15.4. The van der Waals surface area contributed by atoms with E-state index in [4.69, 9.17) is 0 Å². The molecule has 0 bridgehead atoms. The summed E-state index contributed by atoms with van der Waals surface area (Å²) in [5.41, 5.74) is 4.42. The van der Waals surface area contributed by atoms with Gasteiger partial charge < -0.3 is 5.32 Å². The number of carbonyl (C=O) groups excluding carboxylic acids is 1. The van der Waals surface area contributed by atoms with Gasteiger partial charge in [-0.05, 0) is 30.3 Å². The van der Waals surface area contributed by atoms with Crippen LogP contribution in [0.1, 0.15) is 37.0 Å². The van der Waals surface area contributed by atoms with E-state index in [2.05, 4.69) is 46.4 Å². The van der Waals surface area contributed by atoms with E-state index in [1.807, 2.05) is 36.5 Å². The van der Waals surface area contributed by atoms with Gasteiger partial charge in [0.1, 0.15) is 5.69 Å². The first-order chi connectivity index (χ1) is 12.9. The summed E-state index contributed by atoms with van der Waals surface area (Å²) in [6.07, 6.45) is 3.56. The molecule has 0 fully saturated rings. The fourth-order valence-corrected chi connectivity index (χ4v) is 2.74. The number of benzene rings is 1. The Labute approximate surface area is 156 Å². The third kappa shape index (κ3) is 3.44. The minimum absolute atomic E-state index is 0.0801. The predicted octanol–water partition coefficient (Wildman–Crippen LogP) is 3.67. The van der Waals surface area contributed by atoms with E-state index in [9.17, 15) is 4.79 Å². The number of fused-ring (bicyclic) bond motifs is 1. The first kappa shape index (κ1) is 17.0. The monoisotopic (exact) mass is 360 g/mol. The van der Waals surface area contributed by atoms with Crippen LogP contribution in [0, 0.1) is 0 Å². The van der Waals surface area contributed by atoms with E-state index < -0.39 is 0 Å². The number of H-pyrrole nitrogens is 1. The van der Waals surface area contributed by atoms with Gasteiger partial charge in [-0.15, -0.1) is 0 Å². The zero-order chi connectivity index (χ0) is 19.0. The van der Waals surface area contributed by atoms with Crippen LogP contribution < -0.4 is 5.32 Å². The van der Waals surface area contributed by atoms with Crippen molar-refractivity contribution in [2.75, 3.05) is 5.32 Å². The number of aromatic amines is 1. The molecule has 0 aliphatic carbocycles. The number of nitrogens with one attached hydrogen (secondary N) is 2. The minimum atomic E-state index is -0.273. The highest BCUT2D eigenvalue weighted by atomic mass is 16.1. The fourth-order valence-electron chi connectivity index (χ4n) is 2.74. The summed E-state index contributed by atoms with van der Waals surface area (Å²) in [7, 11) is 0. The van der Waals surface area contributed by atoms with Crippen molar-refractivity contribution < 1.29 is 4.79 Å². The Morgan fingerprint density at radius 3 is 2.74 bits per heavy atom. The molecule has 7 heteroatoms. The molecule has 4 rings (SSSR count). The summed E-state index contributed by atoms with van der Waals surface area (Å²) in [5, 5.41) is 14.2. The molecule has 0 radical (unpaired) electrons. The molecule has 0 atom stereocenters. The second kappa shape index (κ2) is 6.35. The topological polar surface area (TPSA) is 88.0 Å². The van der Waals surface area contributed by atoms with Gasteiger partial charge in [-0.3, -0.25) is 9.89 Å². The molecular formula is C20H20N6O. The Kier molecular flexibility index (Phi) is 3.99. The molecule has 1 aromatic carbocycles. The van der Waals surface area contributed by atoms with Crippen molar-refractivity contribution in [1.29, 1.82) is 0 Å². The van der Waals surface area contributed by atoms with E-state index in [0.29, 0.717) is 11.4 Å². The largest absolute Gasteiger partial charge is 0.321 e. The van der Waals surface area contributed by atoms with Gasteiger partial charge >= 0.3 is 0 Å². The van der Waals surface area contributed by atoms with E-state index >= 15 is 0 Å². The molecule has 4 aromatic rings. The molecule has 0 spiro atoms. The van der Waals surface area contributed by atoms with Crippen molar-refractivity contribution in [3.8, 4) is 11.3 Å². The lowest BCUT2D eigenvalue weighted by molar-refractivity contribution is 0.102. The first-order valence-electron chi connectivity index (χ1n) is 8.68. The Morgan fingerprint density at radius 1 is 1.15 bits per heavy atom. The summed E-state index contributed by atoms with van der Waals surface area (Å²) in [6.45, 7) is 6.28. The normalized spacial score (nSPS) is 11.7. The smallest absolute Gasteiger partial charge is 0.276 e. The van der Waals surface area contributed by atoms with Crippen LogP contribution in [0.3, 0.4) is 0 Å². The molecule has 7 nitrogen and oxygen atoms in total. The molecule has 0 saturated carbocycles. The maximum Gasteiger partial charge on any atom is 0.276 e. The van der Waals surface area contributed by atoms with Crippen LogP contribution in [0.25, 0.3) is 16.9 Å². The van der Waals surface area contributed by atoms with Crippen LogP contribution >= 0.6 is 0 Å². The number of nitrogens with zero attached hydrogens (tertiary/aromatic N) is 4. The number of carbonyl (C=O) groups is 1. The van der Waals surface area contributed by atoms with Crippen LogP contribution in [0.2, 0.25) is 0 Å². The third-order valence-electron chi connectivity index (χ3n) is 4.25. The van der Waals surface area contributed by atoms with Gasteiger partial charge in [-0.25, -0.2) is 9.50 Å². The number of anilines is 1. The molecule has 0 aliphatic rings. The zero-order valence-corrected chi connectivity index (χ0v) is 15.4. The van der Waals surface area contributed by atoms with Crippen LogP contribution in [-0.4, -0.2) is 30.7 Å². The fraction of sp³-hybridized carbons (Fsp3) is 0.200. The van der Waals surface area contributed by atoms with Crippen molar-refractivity contribution in [2.45, 2.75) is 26.2 Å². The van der Waals surface area contributed by atoms with Gasteiger partial charge in [0.25, 0.3) is 5.91 Å². The highest BCUT2D eigenvalue weighted by Gasteiger charge is 2.18. The molecule has 27 heavy (non-hydrogen) atoms. The Balaban J connectivity index is 1.59. The standard InChI is InChI=1S/C20H20N6O/c1-20(2,3)17-12-26-18(23-17)8-7-16(25-26)19(27)22-14-6-4-5-13(11-14)15-9-10-21-24-15/h4-12H,1-3H3,(H,21,24)(H,22,27). The second-order valence-electron chi connectivity index (χ2n) is 7.40. The lowest BCUT2D eigenvalue weighted by Crippen LogP contribution is -2.15. The van der Waals surface area contributed by atoms with Crippen LogP contribution in [0.5, 0.6) is 0 Å². The average molecular weight is 360 g/mol. The average Bonchev–Trinajstić information content (AvgIpc) is 3.30. The van der Waals surface area contributed by atoms with Gasteiger partial charge in [0.05, 0.1) is 17.6 Å². The number of rotatable bonds is 3. The quantitative estimate of drug-likeness (QED) is 0.583. The molecule has 0 aliphatic heterocycles. The molecule has 136 valence electrons. The molecule has 3 aromatic heterocycles. The van der Waals surface area contributed by atoms with Gasteiger partial charge in [0.15, 0.2) is 5.65 Å². The number of hydrogen-bond acceptors (Lipinski definition) is 4. The highest BCUT2D eigenvalue weighted by Crippen LogP contribution is 2.22. The maximum atomic E-state index is 12.6. The van der Waals surface area contributed by atoms with E-state index in [1.165, 1.54) is 0 Å². The minimum Gasteiger partial charge on any atom is -0.321 e. The van der Waals surface area contributed by atoms with Crippen molar-refractivity contribution in [3.63, 3.8) is 0 Å². The number of aromatic nitrogens is 5. The van der Waals surface area contributed by atoms with Crippen LogP contribution in [-0.2, 0) is 5.41 Å². The second-order valence-corrected chi connectivity index (χ2v) is 7.40. The van der Waals surface area contributed by atoms with Crippen molar-refractivity contribution in [1.82, 2.24) is 24.8 Å². The van der Waals surface area contributed by atoms with Gasteiger partial charge in [0.2, 0.25) is 0 Å². The van der Waals surface area contributed by atoms with E-state index in [-0.39, 0.29) is 11.3 Å². The maximum absolute atomic E-state index is 12.6. The third-order valence-corrected chi connectivity index (χ3v) is 4.25. The highest BCUT2D eigenvalue weighted by molar-refractivity contribution is 6.03. The van der Waals surface area contributed by atoms with E-state index in [1.54, 1.807) is 22.8 Å². The van der Waals surface area contributed by atoms with E-state index in [0.717, 1.165) is 22.6 Å². The molecule has 1 amide bonds. The number of amides is 1. The van der Waals surface area contributed by atoms with Gasteiger partial charge in [0, 0.05) is 22.9 Å². The number of imidazole rings is 1. The molecule has 0 saturated heterocycles. The van der Waals surface area contributed by atoms with Crippen molar-refractivity contribution >= 4 is 17.2 Å². The summed E-state index contributed by atoms with van der Waals surface area (Å²) in [5.74, 6) is -0.273. The molecule has 0 unspecified atom stereocenters. The molecular weight excluding hydrogens is 340 g/mol. The SMILES string of the molecule is CC(C)(C)c1cn2nc(C(=O)Nc3cccc(-c4ccn[nH]4)c3)ccc2n1. The Bertz CT molecular complexity index is 1110. The van der Waals surface area contributed by atoms with Crippen LogP contribution in [0.15, 0.2) is 54.9 Å². The predicted molar refractivity (Wildman–Crippen MR) is 104 cm³/mol. The Hall–Kier alpha value is -3.48. The summed E-state index contributed by atoms with van der Waals surface area (Å²) in [6, 6.07) is 12.9. The summed E-state index contributed by atoms with van der Waals surface area (Å²) in [4.78, 5) is 17.2. The first-order valence-corrected chi connectivity index (χ1v) is 8.68.